The van der Waals surface area contributed by atoms with Gasteiger partial charge in [0.05, 0.1) is 12.8 Å². The second-order valence-electron chi connectivity index (χ2n) is 2.97. The monoisotopic (exact) mass is 260 g/mol. The Morgan fingerprint density at radius 3 is 2.75 bits per heavy atom. The van der Waals surface area contributed by atoms with Crippen molar-refractivity contribution in [2.24, 2.45) is 5.10 Å². The molecule has 1 N–H and O–H groups in total. The van der Waals surface area contributed by atoms with E-state index in [9.17, 15) is 4.79 Å². The minimum absolute atomic E-state index is 0.279. The number of carbonyl (C=O) groups excluding carboxylic acids is 1. The van der Waals surface area contributed by atoms with Crippen LogP contribution in [0.5, 0.6) is 0 Å². The molecule has 1 rings (SSSR count). The molecule has 86 valence electrons. The van der Waals surface area contributed by atoms with Crippen LogP contribution in [0, 0.1) is 6.92 Å². The summed E-state index contributed by atoms with van der Waals surface area (Å²) >= 11 is 11.4. The summed E-state index contributed by atoms with van der Waals surface area (Å²) in [5.41, 5.74) is 4.19. The van der Waals surface area contributed by atoms with E-state index in [4.69, 9.17) is 23.2 Å². The van der Waals surface area contributed by atoms with Crippen LogP contribution in [-0.2, 0) is 9.53 Å². The third-order valence-corrected chi connectivity index (χ3v) is 2.45. The van der Waals surface area contributed by atoms with Gasteiger partial charge in [0, 0.05) is 5.02 Å². The van der Waals surface area contributed by atoms with Crippen LogP contribution in [-0.4, -0.2) is 18.2 Å². The van der Waals surface area contributed by atoms with E-state index in [1.807, 2.05) is 13.0 Å². The number of ether oxygens (including phenoxy) is 1. The lowest BCUT2D eigenvalue weighted by atomic mass is 10.2. The first-order valence-corrected chi connectivity index (χ1v) is 5.14. The van der Waals surface area contributed by atoms with Gasteiger partial charge in [-0.15, -0.1) is 0 Å². The second-order valence-corrected chi connectivity index (χ2v) is 3.74. The summed E-state index contributed by atoms with van der Waals surface area (Å²) in [5.74, 6) is -0.702. The number of hydrogen-bond donors (Lipinski definition) is 1. The molecule has 1 aromatic rings. The molecule has 0 radical (unpaired) electrons. The molecule has 0 atom stereocenters. The molecule has 0 heterocycles. The van der Waals surface area contributed by atoms with Crippen molar-refractivity contribution >= 4 is 40.0 Å². The van der Waals surface area contributed by atoms with Gasteiger partial charge in [-0.25, -0.2) is 4.79 Å². The van der Waals surface area contributed by atoms with Crippen molar-refractivity contribution in [3.63, 3.8) is 0 Å². The molecule has 6 heteroatoms. The summed E-state index contributed by atoms with van der Waals surface area (Å²) in [5, 5.41) is 3.96. The summed E-state index contributed by atoms with van der Waals surface area (Å²) in [7, 11) is 1.23. The quantitative estimate of drug-likeness (QED) is 0.517. The van der Waals surface area contributed by atoms with E-state index in [1.54, 1.807) is 12.1 Å². The maximum Gasteiger partial charge on any atom is 0.370 e. The van der Waals surface area contributed by atoms with Gasteiger partial charge in [0.15, 0.2) is 0 Å². The molecule has 0 aliphatic rings. The van der Waals surface area contributed by atoms with Crippen molar-refractivity contribution in [2.75, 3.05) is 12.5 Å². The lowest BCUT2D eigenvalue weighted by Crippen LogP contribution is -2.11. The Morgan fingerprint density at radius 2 is 2.19 bits per heavy atom. The maximum absolute atomic E-state index is 10.9. The lowest BCUT2D eigenvalue weighted by Gasteiger charge is -2.03. The number of hydrogen-bond acceptors (Lipinski definition) is 4. The first-order chi connectivity index (χ1) is 7.54. The van der Waals surface area contributed by atoms with Gasteiger partial charge in [0.25, 0.3) is 0 Å². The van der Waals surface area contributed by atoms with Crippen LogP contribution in [0.1, 0.15) is 5.56 Å². The van der Waals surface area contributed by atoms with E-state index in [-0.39, 0.29) is 5.17 Å². The molecule has 0 unspecified atom stereocenters. The topological polar surface area (TPSA) is 50.7 Å². The summed E-state index contributed by atoms with van der Waals surface area (Å²) in [4.78, 5) is 10.9. The Bertz CT molecular complexity index is 433. The first-order valence-electron chi connectivity index (χ1n) is 4.38. The molecule has 16 heavy (non-hydrogen) atoms. The number of esters is 1. The van der Waals surface area contributed by atoms with Crippen molar-refractivity contribution in [1.29, 1.82) is 0 Å². The fourth-order valence-electron chi connectivity index (χ4n) is 0.906. The SMILES string of the molecule is COC(=O)/C(Cl)=N/Nc1ccc(C)c(Cl)c1. The van der Waals surface area contributed by atoms with Gasteiger partial charge >= 0.3 is 5.97 Å². The average Bonchev–Trinajstić information content (AvgIpc) is 2.29. The van der Waals surface area contributed by atoms with E-state index < -0.39 is 5.97 Å². The van der Waals surface area contributed by atoms with Crippen molar-refractivity contribution in [3.8, 4) is 0 Å². The molecule has 0 saturated carbocycles. The molecule has 0 aliphatic heterocycles. The molecule has 0 saturated heterocycles. The second kappa shape index (κ2) is 5.72. The molecule has 1 aromatic carbocycles. The van der Waals surface area contributed by atoms with Gasteiger partial charge in [-0.05, 0) is 24.6 Å². The zero-order chi connectivity index (χ0) is 12.1. The largest absolute Gasteiger partial charge is 0.464 e. The molecule has 0 bridgehead atoms. The van der Waals surface area contributed by atoms with Crippen molar-refractivity contribution in [2.45, 2.75) is 6.92 Å². The van der Waals surface area contributed by atoms with Gasteiger partial charge in [-0.2, -0.15) is 5.10 Å². The van der Waals surface area contributed by atoms with Gasteiger partial charge in [-0.1, -0.05) is 29.3 Å². The number of nitrogens with one attached hydrogen (secondary N) is 1. The highest BCUT2D eigenvalue weighted by atomic mass is 35.5. The Balaban J connectivity index is 2.74. The molecular formula is C10H10Cl2N2O2. The van der Waals surface area contributed by atoms with Crippen LogP contribution >= 0.6 is 23.2 Å². The predicted molar refractivity (Wildman–Crippen MR) is 65.1 cm³/mol. The minimum Gasteiger partial charge on any atom is -0.464 e. The predicted octanol–water partition coefficient (Wildman–Crippen LogP) is 2.79. The number of nitrogens with zero attached hydrogens (tertiary/aromatic N) is 1. The molecule has 0 fully saturated rings. The minimum atomic E-state index is -0.702. The number of rotatable bonds is 3. The highest BCUT2D eigenvalue weighted by Crippen LogP contribution is 2.19. The van der Waals surface area contributed by atoms with Crippen LogP contribution in [0.25, 0.3) is 0 Å². The number of aryl methyl sites for hydroxylation is 1. The average molecular weight is 261 g/mol. The zero-order valence-corrected chi connectivity index (χ0v) is 10.3. The number of hydrazone groups is 1. The van der Waals surface area contributed by atoms with Gasteiger partial charge in [-0.3, -0.25) is 5.43 Å². The number of anilines is 1. The lowest BCUT2D eigenvalue weighted by molar-refractivity contribution is -0.132. The Morgan fingerprint density at radius 1 is 1.50 bits per heavy atom. The fraction of sp³-hybridized carbons (Fsp3) is 0.200. The third-order valence-electron chi connectivity index (χ3n) is 1.81. The Labute approximate surface area is 103 Å². The molecule has 0 aromatic heterocycles. The summed E-state index contributed by atoms with van der Waals surface area (Å²) in [6.07, 6.45) is 0. The van der Waals surface area contributed by atoms with Crippen LogP contribution in [0.3, 0.4) is 0 Å². The molecule has 0 aliphatic carbocycles. The normalized spacial score (nSPS) is 11.1. The third kappa shape index (κ3) is 3.40. The van der Waals surface area contributed by atoms with E-state index in [0.29, 0.717) is 10.7 Å². The van der Waals surface area contributed by atoms with Gasteiger partial charge in [0.2, 0.25) is 5.17 Å². The number of carbonyl (C=O) groups is 1. The number of halogens is 2. The van der Waals surface area contributed by atoms with Crippen LogP contribution in [0.2, 0.25) is 5.02 Å². The Kier molecular flexibility index (Phi) is 4.58. The summed E-state index contributed by atoms with van der Waals surface area (Å²) < 4.78 is 4.38. The zero-order valence-electron chi connectivity index (χ0n) is 8.75. The number of methoxy groups -OCH3 is 1. The highest BCUT2D eigenvalue weighted by molar-refractivity contribution is 6.82. The van der Waals surface area contributed by atoms with Crippen LogP contribution in [0.4, 0.5) is 5.69 Å². The van der Waals surface area contributed by atoms with E-state index in [2.05, 4.69) is 15.3 Å². The maximum atomic E-state index is 10.9. The van der Waals surface area contributed by atoms with Crippen LogP contribution in [0.15, 0.2) is 23.3 Å². The van der Waals surface area contributed by atoms with E-state index >= 15 is 0 Å². The van der Waals surface area contributed by atoms with Gasteiger partial charge in [0.1, 0.15) is 0 Å². The number of benzene rings is 1. The van der Waals surface area contributed by atoms with Crippen molar-refractivity contribution < 1.29 is 9.53 Å². The standard InChI is InChI=1S/C10H10Cl2N2O2/c1-6-3-4-7(5-8(6)11)13-14-9(12)10(15)16-2/h3-5,13H,1-2H3/b14-9-. The van der Waals surface area contributed by atoms with Crippen molar-refractivity contribution in [3.05, 3.63) is 28.8 Å². The Hall–Kier alpha value is -1.26. The van der Waals surface area contributed by atoms with Crippen molar-refractivity contribution in [1.82, 2.24) is 0 Å². The van der Waals surface area contributed by atoms with E-state index in [0.717, 1.165) is 5.56 Å². The smallest absolute Gasteiger partial charge is 0.370 e. The molecule has 0 spiro atoms. The van der Waals surface area contributed by atoms with Crippen LogP contribution < -0.4 is 5.43 Å². The summed E-state index contributed by atoms with van der Waals surface area (Å²) in [6, 6.07) is 5.28. The fourth-order valence-corrected chi connectivity index (χ4v) is 1.21. The first kappa shape index (κ1) is 12.8. The molecule has 0 amide bonds. The molecular weight excluding hydrogens is 251 g/mol. The highest BCUT2D eigenvalue weighted by Gasteiger charge is 2.07. The molecule has 4 nitrogen and oxygen atoms in total. The van der Waals surface area contributed by atoms with E-state index in [1.165, 1.54) is 7.11 Å². The summed E-state index contributed by atoms with van der Waals surface area (Å²) in [6.45, 7) is 1.89. The van der Waals surface area contributed by atoms with Gasteiger partial charge < -0.3 is 4.74 Å².